The first kappa shape index (κ1) is 20.5. The lowest BCUT2D eigenvalue weighted by Crippen LogP contribution is -2.33. The van der Waals surface area contributed by atoms with Crippen LogP contribution in [0.4, 0.5) is 30.6 Å². The van der Waals surface area contributed by atoms with Crippen LogP contribution in [-0.4, -0.2) is 33.6 Å². The molecule has 0 saturated carbocycles. The molecule has 6 nitrogen and oxygen atoms in total. The average molecular weight is 382 g/mol. The van der Waals surface area contributed by atoms with E-state index in [1.807, 2.05) is 20.8 Å². The predicted octanol–water partition coefficient (Wildman–Crippen LogP) is 4.56. The number of hydrogen-bond donors (Lipinski definition) is 2. The Morgan fingerprint density at radius 1 is 1.22 bits per heavy atom. The van der Waals surface area contributed by atoms with Crippen LogP contribution in [0.5, 0.6) is 0 Å². The lowest BCUT2D eigenvalue weighted by atomic mass is 10.2. The van der Waals surface area contributed by atoms with Crippen molar-refractivity contribution in [1.29, 1.82) is 0 Å². The SMILES string of the molecule is CCCN(c1nc(Nc2ccc(C(=O)O)cc2)cc(C(F)(F)F)n1)C(C)C. The number of hydrogen-bond acceptors (Lipinski definition) is 5. The Morgan fingerprint density at radius 2 is 1.85 bits per heavy atom. The summed E-state index contributed by atoms with van der Waals surface area (Å²) in [5, 5.41) is 11.7. The van der Waals surface area contributed by atoms with E-state index in [9.17, 15) is 18.0 Å². The maximum atomic E-state index is 13.3. The summed E-state index contributed by atoms with van der Waals surface area (Å²) in [6.07, 6.45) is -3.88. The van der Waals surface area contributed by atoms with Crippen LogP contribution < -0.4 is 10.2 Å². The molecule has 0 aliphatic carbocycles. The molecule has 9 heteroatoms. The van der Waals surface area contributed by atoms with Gasteiger partial charge in [0.05, 0.1) is 5.56 Å². The molecule has 1 heterocycles. The molecule has 0 saturated heterocycles. The molecule has 0 aliphatic rings. The topological polar surface area (TPSA) is 78.4 Å². The molecule has 0 atom stereocenters. The molecular weight excluding hydrogens is 361 g/mol. The van der Waals surface area contributed by atoms with Gasteiger partial charge in [0.1, 0.15) is 5.82 Å². The van der Waals surface area contributed by atoms with Crippen molar-refractivity contribution >= 4 is 23.4 Å². The number of carboxylic acid groups (broad SMARTS) is 1. The second-order valence-corrected chi connectivity index (χ2v) is 6.23. The smallest absolute Gasteiger partial charge is 0.433 e. The van der Waals surface area contributed by atoms with Crippen molar-refractivity contribution in [3.63, 3.8) is 0 Å². The maximum absolute atomic E-state index is 13.3. The Balaban J connectivity index is 2.42. The third-order valence-corrected chi connectivity index (χ3v) is 3.75. The average Bonchev–Trinajstić information content (AvgIpc) is 2.58. The summed E-state index contributed by atoms with van der Waals surface area (Å²) >= 11 is 0. The summed E-state index contributed by atoms with van der Waals surface area (Å²) in [6.45, 7) is 6.16. The number of nitrogens with zero attached hydrogens (tertiary/aromatic N) is 3. The van der Waals surface area contributed by atoms with Crippen LogP contribution in [0.15, 0.2) is 30.3 Å². The molecule has 0 spiro atoms. The van der Waals surface area contributed by atoms with E-state index in [-0.39, 0.29) is 23.4 Å². The van der Waals surface area contributed by atoms with Gasteiger partial charge in [-0.05, 0) is 44.5 Å². The van der Waals surface area contributed by atoms with Crippen LogP contribution in [0, 0.1) is 0 Å². The van der Waals surface area contributed by atoms with Gasteiger partial charge in [-0.1, -0.05) is 6.92 Å². The molecule has 0 unspecified atom stereocenters. The highest BCUT2D eigenvalue weighted by Crippen LogP contribution is 2.31. The summed E-state index contributed by atoms with van der Waals surface area (Å²) in [7, 11) is 0. The van der Waals surface area contributed by atoms with Gasteiger partial charge >= 0.3 is 12.1 Å². The van der Waals surface area contributed by atoms with E-state index in [4.69, 9.17) is 5.11 Å². The van der Waals surface area contributed by atoms with E-state index >= 15 is 0 Å². The first-order valence-corrected chi connectivity index (χ1v) is 8.45. The maximum Gasteiger partial charge on any atom is 0.433 e. The molecule has 0 bridgehead atoms. The van der Waals surface area contributed by atoms with Gasteiger partial charge in [-0.25, -0.2) is 9.78 Å². The second-order valence-electron chi connectivity index (χ2n) is 6.23. The quantitative estimate of drug-likeness (QED) is 0.731. The second kappa shape index (κ2) is 8.24. The normalized spacial score (nSPS) is 11.5. The Hall–Kier alpha value is -2.84. The summed E-state index contributed by atoms with van der Waals surface area (Å²) in [4.78, 5) is 20.5. The van der Waals surface area contributed by atoms with Gasteiger partial charge in [-0.3, -0.25) is 0 Å². The molecular formula is C18H21F3N4O2. The number of halogens is 3. The highest BCUT2D eigenvalue weighted by Gasteiger charge is 2.34. The number of nitrogens with one attached hydrogen (secondary N) is 1. The van der Waals surface area contributed by atoms with Crippen LogP contribution in [0.25, 0.3) is 0 Å². The van der Waals surface area contributed by atoms with Gasteiger partial charge in [0.25, 0.3) is 0 Å². The Kier molecular flexibility index (Phi) is 6.24. The highest BCUT2D eigenvalue weighted by molar-refractivity contribution is 5.88. The van der Waals surface area contributed by atoms with Crippen molar-refractivity contribution < 1.29 is 23.1 Å². The number of carboxylic acids is 1. The van der Waals surface area contributed by atoms with Gasteiger partial charge in [0.15, 0.2) is 5.69 Å². The minimum atomic E-state index is -4.61. The summed E-state index contributed by atoms with van der Waals surface area (Å²) in [5.74, 6) is -1.11. The largest absolute Gasteiger partial charge is 0.478 e. The van der Waals surface area contributed by atoms with Crippen molar-refractivity contribution in [3.8, 4) is 0 Å². The molecule has 0 amide bonds. The molecule has 27 heavy (non-hydrogen) atoms. The number of carbonyl (C=O) groups is 1. The summed E-state index contributed by atoms with van der Waals surface area (Å²) in [6, 6.07) is 6.40. The van der Waals surface area contributed by atoms with Gasteiger partial charge in [0, 0.05) is 24.3 Å². The number of anilines is 3. The van der Waals surface area contributed by atoms with E-state index in [1.165, 1.54) is 24.3 Å². The zero-order valence-electron chi connectivity index (χ0n) is 15.2. The lowest BCUT2D eigenvalue weighted by Gasteiger charge is -2.27. The fraction of sp³-hybridized carbons (Fsp3) is 0.389. The number of aromatic nitrogens is 2. The molecule has 0 radical (unpaired) electrons. The zero-order chi connectivity index (χ0) is 20.2. The van der Waals surface area contributed by atoms with Crippen molar-refractivity contribution in [1.82, 2.24) is 9.97 Å². The Morgan fingerprint density at radius 3 is 2.33 bits per heavy atom. The van der Waals surface area contributed by atoms with E-state index in [0.717, 1.165) is 12.5 Å². The van der Waals surface area contributed by atoms with Crippen LogP contribution in [0.1, 0.15) is 43.2 Å². The van der Waals surface area contributed by atoms with Crippen molar-refractivity contribution in [2.24, 2.45) is 0 Å². The van der Waals surface area contributed by atoms with E-state index in [1.54, 1.807) is 4.90 Å². The molecule has 2 N–H and O–H groups in total. The van der Waals surface area contributed by atoms with Crippen molar-refractivity contribution in [2.45, 2.75) is 39.4 Å². The predicted molar refractivity (Wildman–Crippen MR) is 96.5 cm³/mol. The fourth-order valence-electron chi connectivity index (χ4n) is 2.45. The molecule has 1 aromatic carbocycles. The fourth-order valence-corrected chi connectivity index (χ4v) is 2.45. The number of benzene rings is 1. The minimum Gasteiger partial charge on any atom is -0.478 e. The lowest BCUT2D eigenvalue weighted by molar-refractivity contribution is -0.141. The standard InChI is InChI=1S/C18H21F3N4O2/c1-4-9-25(11(2)3)17-23-14(18(19,20)21)10-15(24-17)22-13-7-5-12(6-8-13)16(26)27/h5-8,10-11H,4,9H2,1-3H3,(H,26,27)(H,22,23,24). The Bertz CT molecular complexity index is 792. The first-order chi connectivity index (χ1) is 12.6. The Labute approximate surface area is 155 Å². The van der Waals surface area contributed by atoms with Gasteiger partial charge in [0.2, 0.25) is 5.95 Å². The van der Waals surface area contributed by atoms with Crippen LogP contribution in [0.2, 0.25) is 0 Å². The van der Waals surface area contributed by atoms with Crippen LogP contribution in [0.3, 0.4) is 0 Å². The molecule has 1 aromatic heterocycles. The van der Waals surface area contributed by atoms with Crippen LogP contribution in [-0.2, 0) is 6.18 Å². The third kappa shape index (κ3) is 5.32. The summed E-state index contributed by atoms with van der Waals surface area (Å²) in [5.41, 5.74) is -0.544. The minimum absolute atomic E-state index is 0.00803. The van der Waals surface area contributed by atoms with Crippen molar-refractivity contribution in [2.75, 3.05) is 16.8 Å². The van der Waals surface area contributed by atoms with E-state index in [2.05, 4.69) is 15.3 Å². The third-order valence-electron chi connectivity index (χ3n) is 3.75. The molecule has 0 fully saturated rings. The van der Waals surface area contributed by atoms with Gasteiger partial charge in [-0.15, -0.1) is 0 Å². The summed E-state index contributed by atoms with van der Waals surface area (Å²) < 4.78 is 39.8. The van der Waals surface area contributed by atoms with Crippen molar-refractivity contribution in [3.05, 3.63) is 41.6 Å². The van der Waals surface area contributed by atoms with E-state index < -0.39 is 17.8 Å². The molecule has 2 aromatic rings. The van der Waals surface area contributed by atoms with E-state index in [0.29, 0.717) is 12.2 Å². The number of aromatic carboxylic acids is 1. The molecule has 2 rings (SSSR count). The molecule has 146 valence electrons. The highest BCUT2D eigenvalue weighted by atomic mass is 19.4. The van der Waals surface area contributed by atoms with Gasteiger partial charge < -0.3 is 15.3 Å². The number of alkyl halides is 3. The van der Waals surface area contributed by atoms with Gasteiger partial charge in [-0.2, -0.15) is 18.2 Å². The number of rotatable bonds is 7. The first-order valence-electron chi connectivity index (χ1n) is 8.45. The monoisotopic (exact) mass is 382 g/mol. The molecule has 0 aliphatic heterocycles. The zero-order valence-corrected chi connectivity index (χ0v) is 15.2. The van der Waals surface area contributed by atoms with Crippen LogP contribution >= 0.6 is 0 Å².